The zero-order chi connectivity index (χ0) is 18.1. The van der Waals surface area contributed by atoms with E-state index in [1.54, 1.807) is 12.1 Å². The summed E-state index contributed by atoms with van der Waals surface area (Å²) >= 11 is 0. The molecule has 0 atom stereocenters. The van der Waals surface area contributed by atoms with Gasteiger partial charge in [0.05, 0.1) is 18.2 Å². The van der Waals surface area contributed by atoms with Gasteiger partial charge in [0.25, 0.3) is 0 Å². The zero-order valence-corrected chi connectivity index (χ0v) is 16.8. The van der Waals surface area contributed by atoms with Gasteiger partial charge in [-0.15, -0.1) is 24.0 Å². The van der Waals surface area contributed by atoms with Gasteiger partial charge in [0.2, 0.25) is 0 Å². The molecule has 0 aliphatic heterocycles. The maximum atomic E-state index is 13.6. The van der Waals surface area contributed by atoms with Crippen molar-refractivity contribution < 1.29 is 8.78 Å². The number of rotatable bonds is 6. The molecule has 0 aromatic heterocycles. The molecule has 0 aliphatic rings. The fourth-order valence-electron chi connectivity index (χ4n) is 2.30. The number of hydrogen-bond acceptors (Lipinski definition) is 2. The Labute approximate surface area is 169 Å². The largest absolute Gasteiger partial charge is 0.357 e. The molecule has 0 saturated carbocycles. The van der Waals surface area contributed by atoms with Crippen LogP contribution in [0.15, 0.2) is 47.5 Å². The Bertz CT molecular complexity index is 787. The predicted octanol–water partition coefficient (Wildman–Crippen LogP) is 3.75. The Kier molecular flexibility index (Phi) is 9.58. The molecule has 138 valence electrons. The Morgan fingerprint density at radius 1 is 1.15 bits per heavy atom. The van der Waals surface area contributed by atoms with Crippen LogP contribution in [-0.4, -0.2) is 19.0 Å². The fourth-order valence-corrected chi connectivity index (χ4v) is 2.30. The van der Waals surface area contributed by atoms with Crippen molar-refractivity contribution in [1.82, 2.24) is 10.6 Å². The van der Waals surface area contributed by atoms with Gasteiger partial charge < -0.3 is 10.6 Å². The third-order valence-corrected chi connectivity index (χ3v) is 3.51. The molecule has 0 aliphatic carbocycles. The number of nitriles is 1. The first-order valence-corrected chi connectivity index (χ1v) is 8.07. The van der Waals surface area contributed by atoms with Crippen LogP contribution in [0.1, 0.15) is 23.6 Å². The minimum absolute atomic E-state index is 0. The van der Waals surface area contributed by atoms with Crippen LogP contribution in [0.3, 0.4) is 0 Å². The molecule has 26 heavy (non-hydrogen) atoms. The van der Waals surface area contributed by atoms with Crippen molar-refractivity contribution in [2.45, 2.75) is 19.9 Å². The molecule has 2 aromatic carbocycles. The maximum absolute atomic E-state index is 13.6. The van der Waals surface area contributed by atoms with E-state index in [4.69, 9.17) is 5.26 Å². The van der Waals surface area contributed by atoms with Gasteiger partial charge in [0.1, 0.15) is 11.6 Å². The maximum Gasteiger partial charge on any atom is 0.191 e. The summed E-state index contributed by atoms with van der Waals surface area (Å²) in [4.78, 5) is 4.45. The van der Waals surface area contributed by atoms with E-state index in [1.165, 1.54) is 6.07 Å². The third kappa shape index (κ3) is 6.96. The molecule has 7 heteroatoms. The topological polar surface area (TPSA) is 60.2 Å². The SMILES string of the molecule is CCNC(=NCc1cccc(C#N)c1)NCCc1cc(F)ccc1F.I. The van der Waals surface area contributed by atoms with Gasteiger partial charge >= 0.3 is 0 Å². The minimum atomic E-state index is -0.450. The lowest BCUT2D eigenvalue weighted by molar-refractivity contribution is 0.583. The number of halogens is 3. The van der Waals surface area contributed by atoms with Crippen molar-refractivity contribution in [3.8, 4) is 6.07 Å². The van der Waals surface area contributed by atoms with Crippen LogP contribution in [-0.2, 0) is 13.0 Å². The predicted molar refractivity (Wildman–Crippen MR) is 109 cm³/mol. The average molecular weight is 470 g/mol. The summed E-state index contributed by atoms with van der Waals surface area (Å²) in [6.07, 6.45) is 0.345. The smallest absolute Gasteiger partial charge is 0.191 e. The lowest BCUT2D eigenvalue weighted by Crippen LogP contribution is -2.38. The first-order valence-electron chi connectivity index (χ1n) is 8.07. The Morgan fingerprint density at radius 3 is 2.69 bits per heavy atom. The number of nitrogens with zero attached hydrogens (tertiary/aromatic N) is 2. The van der Waals surface area contributed by atoms with Gasteiger partial charge in [-0.1, -0.05) is 12.1 Å². The van der Waals surface area contributed by atoms with Crippen molar-refractivity contribution in [2.75, 3.05) is 13.1 Å². The van der Waals surface area contributed by atoms with E-state index in [0.29, 0.717) is 43.1 Å². The van der Waals surface area contributed by atoms with Crippen LogP contribution in [0.5, 0.6) is 0 Å². The Balaban J connectivity index is 0.00000338. The summed E-state index contributed by atoms with van der Waals surface area (Å²) in [6, 6.07) is 12.8. The molecule has 0 bridgehead atoms. The van der Waals surface area contributed by atoms with Gasteiger partial charge in [0.15, 0.2) is 5.96 Å². The van der Waals surface area contributed by atoms with Gasteiger partial charge in [-0.2, -0.15) is 5.26 Å². The summed E-state index contributed by atoms with van der Waals surface area (Å²) in [6.45, 7) is 3.46. The van der Waals surface area contributed by atoms with Gasteiger partial charge in [0, 0.05) is 13.1 Å². The molecule has 0 radical (unpaired) electrons. The van der Waals surface area contributed by atoms with E-state index in [9.17, 15) is 8.78 Å². The second kappa shape index (κ2) is 11.4. The first kappa shape index (κ1) is 21.8. The molecule has 0 amide bonds. The number of guanidine groups is 1. The van der Waals surface area contributed by atoms with E-state index in [-0.39, 0.29) is 24.0 Å². The fraction of sp³-hybridized carbons (Fsp3) is 0.263. The summed E-state index contributed by atoms with van der Waals surface area (Å²) in [5.74, 6) is -0.283. The number of benzene rings is 2. The number of aliphatic imine (C=N–C) groups is 1. The molecule has 2 aromatic rings. The summed E-state index contributed by atoms with van der Waals surface area (Å²) in [7, 11) is 0. The van der Waals surface area contributed by atoms with Crippen molar-refractivity contribution >= 4 is 29.9 Å². The second-order valence-corrected chi connectivity index (χ2v) is 5.42. The lowest BCUT2D eigenvalue weighted by atomic mass is 10.1. The van der Waals surface area contributed by atoms with Crippen LogP contribution in [0.2, 0.25) is 0 Å². The van der Waals surface area contributed by atoms with Crippen LogP contribution >= 0.6 is 24.0 Å². The van der Waals surface area contributed by atoms with Gasteiger partial charge in [-0.3, -0.25) is 0 Å². The van der Waals surface area contributed by atoms with Crippen molar-refractivity contribution in [3.05, 3.63) is 70.8 Å². The molecule has 0 spiro atoms. The highest BCUT2D eigenvalue weighted by molar-refractivity contribution is 14.0. The molecule has 0 saturated heterocycles. The molecule has 0 unspecified atom stereocenters. The van der Waals surface area contributed by atoms with E-state index < -0.39 is 11.6 Å². The number of hydrogen-bond donors (Lipinski definition) is 2. The second-order valence-electron chi connectivity index (χ2n) is 5.42. The highest BCUT2D eigenvalue weighted by atomic mass is 127. The van der Waals surface area contributed by atoms with E-state index in [1.807, 2.05) is 19.1 Å². The van der Waals surface area contributed by atoms with Gasteiger partial charge in [-0.05, 0) is 54.8 Å². The molecule has 2 rings (SSSR count). The van der Waals surface area contributed by atoms with Crippen LogP contribution in [0.4, 0.5) is 8.78 Å². The normalized spacial score (nSPS) is 10.6. The van der Waals surface area contributed by atoms with E-state index >= 15 is 0 Å². The van der Waals surface area contributed by atoms with Crippen molar-refractivity contribution in [3.63, 3.8) is 0 Å². The summed E-state index contributed by atoms with van der Waals surface area (Å²) < 4.78 is 26.8. The van der Waals surface area contributed by atoms with Crippen molar-refractivity contribution in [2.24, 2.45) is 4.99 Å². The quantitative estimate of drug-likeness (QED) is 0.384. The molecule has 0 fully saturated rings. The van der Waals surface area contributed by atoms with Gasteiger partial charge in [-0.25, -0.2) is 13.8 Å². The number of nitrogens with one attached hydrogen (secondary N) is 2. The van der Waals surface area contributed by atoms with Crippen LogP contribution in [0, 0.1) is 23.0 Å². The lowest BCUT2D eigenvalue weighted by Gasteiger charge is -2.11. The van der Waals surface area contributed by atoms with Crippen LogP contribution in [0.25, 0.3) is 0 Å². The summed E-state index contributed by atoms with van der Waals surface area (Å²) in [5, 5.41) is 15.1. The molecule has 0 heterocycles. The van der Waals surface area contributed by atoms with E-state index in [2.05, 4.69) is 21.7 Å². The Morgan fingerprint density at radius 2 is 1.96 bits per heavy atom. The van der Waals surface area contributed by atoms with Crippen LogP contribution < -0.4 is 10.6 Å². The third-order valence-electron chi connectivity index (χ3n) is 3.51. The minimum Gasteiger partial charge on any atom is -0.357 e. The highest BCUT2D eigenvalue weighted by Crippen LogP contribution is 2.10. The monoisotopic (exact) mass is 470 g/mol. The molecule has 4 nitrogen and oxygen atoms in total. The molecule has 2 N–H and O–H groups in total. The summed E-state index contributed by atoms with van der Waals surface area (Å²) in [5.41, 5.74) is 1.84. The molecular weight excluding hydrogens is 449 g/mol. The average Bonchev–Trinajstić information content (AvgIpc) is 2.62. The standard InChI is InChI=1S/C19H20F2N4.HI/c1-2-23-19(25-13-15-5-3-4-14(10-15)12-22)24-9-8-16-11-17(20)6-7-18(16)21;/h3-7,10-11H,2,8-9,13H2,1H3,(H2,23,24,25);1H. The van der Waals surface area contributed by atoms with Crippen molar-refractivity contribution in [1.29, 1.82) is 5.26 Å². The molecular formula is C19H21F2IN4. The first-order chi connectivity index (χ1) is 12.1. The zero-order valence-electron chi connectivity index (χ0n) is 14.4. The van der Waals surface area contributed by atoms with E-state index in [0.717, 1.165) is 17.7 Å². The highest BCUT2D eigenvalue weighted by Gasteiger charge is 2.04. The Hall–Kier alpha value is -2.21.